The molecule has 0 bridgehead atoms. The number of furan rings is 1. The molecule has 0 aliphatic heterocycles. The van der Waals surface area contributed by atoms with E-state index in [1.807, 2.05) is 18.2 Å². The van der Waals surface area contributed by atoms with E-state index >= 15 is 0 Å². The summed E-state index contributed by atoms with van der Waals surface area (Å²) in [6.45, 7) is 0. The molecule has 4 aromatic rings. The second kappa shape index (κ2) is 3.43. The van der Waals surface area contributed by atoms with Crippen LogP contribution in [0.1, 0.15) is 0 Å². The van der Waals surface area contributed by atoms with E-state index in [-0.39, 0.29) is 0 Å². The van der Waals surface area contributed by atoms with Crippen LogP contribution in [0.15, 0.2) is 53.4 Å². The van der Waals surface area contributed by atoms with Crippen molar-refractivity contribution >= 4 is 22.1 Å². The average molecular weight is 235 g/mol. The fourth-order valence-corrected chi connectivity index (χ4v) is 2.12. The van der Waals surface area contributed by atoms with Gasteiger partial charge in [0.25, 0.3) is 0 Å². The van der Waals surface area contributed by atoms with Gasteiger partial charge < -0.3 is 9.40 Å². The van der Waals surface area contributed by atoms with Crippen LogP contribution in [0, 0.1) is 0 Å². The van der Waals surface area contributed by atoms with Crippen molar-refractivity contribution in [1.82, 2.24) is 15.0 Å². The minimum absolute atomic E-state index is 0.660. The van der Waals surface area contributed by atoms with E-state index in [2.05, 4.69) is 27.1 Å². The largest absolute Gasteiger partial charge is 0.446 e. The first-order chi connectivity index (χ1) is 8.90. The van der Waals surface area contributed by atoms with E-state index in [1.54, 1.807) is 18.7 Å². The Hall–Kier alpha value is -2.62. The zero-order valence-corrected chi connectivity index (χ0v) is 9.42. The third-order valence-corrected chi connectivity index (χ3v) is 3.01. The summed E-state index contributed by atoms with van der Waals surface area (Å²) in [5, 5.41) is 2.10. The first-order valence-electron chi connectivity index (χ1n) is 5.67. The topological polar surface area (TPSA) is 54.7 Å². The monoisotopic (exact) mass is 235 g/mol. The summed E-state index contributed by atoms with van der Waals surface area (Å²) in [5.74, 6) is 0. The zero-order valence-electron chi connectivity index (χ0n) is 9.42. The van der Waals surface area contributed by atoms with Gasteiger partial charge in [0.1, 0.15) is 5.65 Å². The van der Waals surface area contributed by atoms with E-state index in [4.69, 9.17) is 4.42 Å². The number of aromatic nitrogens is 3. The lowest BCUT2D eigenvalue weighted by atomic mass is 10.2. The molecule has 18 heavy (non-hydrogen) atoms. The summed E-state index contributed by atoms with van der Waals surface area (Å²) in [7, 11) is 0. The third kappa shape index (κ3) is 1.32. The Balaban J connectivity index is 1.94. The molecule has 0 radical (unpaired) electrons. The van der Waals surface area contributed by atoms with Crippen LogP contribution in [-0.4, -0.2) is 15.0 Å². The third-order valence-electron chi connectivity index (χ3n) is 3.01. The maximum Gasteiger partial charge on any atom is 0.225 e. The molecule has 0 amide bonds. The Morgan fingerprint density at radius 2 is 2.06 bits per heavy atom. The smallest absolute Gasteiger partial charge is 0.225 e. The van der Waals surface area contributed by atoms with E-state index in [0.717, 1.165) is 27.7 Å². The quantitative estimate of drug-likeness (QED) is 0.550. The molecule has 4 nitrogen and oxygen atoms in total. The van der Waals surface area contributed by atoms with Gasteiger partial charge in [-0.25, -0.2) is 9.97 Å². The summed E-state index contributed by atoms with van der Waals surface area (Å²) in [6, 6.07) is 10.00. The molecule has 0 unspecified atom stereocenters. The highest BCUT2D eigenvalue weighted by Crippen LogP contribution is 2.25. The second-order valence-corrected chi connectivity index (χ2v) is 4.16. The van der Waals surface area contributed by atoms with Crippen LogP contribution < -0.4 is 0 Å². The minimum atomic E-state index is 0.660. The highest BCUT2D eigenvalue weighted by Gasteiger charge is 2.06. The van der Waals surface area contributed by atoms with Gasteiger partial charge in [0.05, 0.1) is 6.26 Å². The first kappa shape index (κ1) is 9.41. The molecule has 0 atom stereocenters. The zero-order chi connectivity index (χ0) is 11.9. The van der Waals surface area contributed by atoms with E-state index < -0.39 is 0 Å². The van der Waals surface area contributed by atoms with Crippen LogP contribution in [-0.2, 0) is 0 Å². The van der Waals surface area contributed by atoms with Gasteiger partial charge in [0.15, 0.2) is 0 Å². The molecule has 4 aromatic heterocycles. The Bertz CT molecular complexity index is 811. The van der Waals surface area contributed by atoms with Crippen molar-refractivity contribution in [2.24, 2.45) is 0 Å². The lowest BCUT2D eigenvalue weighted by Crippen LogP contribution is -1.80. The van der Waals surface area contributed by atoms with Crippen LogP contribution in [0.2, 0.25) is 0 Å². The molecular formula is C14H9N3O. The summed E-state index contributed by atoms with van der Waals surface area (Å²) < 4.78 is 5.23. The predicted molar refractivity (Wildman–Crippen MR) is 69.1 cm³/mol. The van der Waals surface area contributed by atoms with Gasteiger partial charge in [0, 0.05) is 34.4 Å². The number of pyridine rings is 2. The number of rotatable bonds is 1. The number of nitrogens with one attached hydrogen (secondary N) is 1. The van der Waals surface area contributed by atoms with Crippen molar-refractivity contribution in [3.8, 4) is 11.3 Å². The van der Waals surface area contributed by atoms with E-state index in [9.17, 15) is 0 Å². The van der Waals surface area contributed by atoms with Gasteiger partial charge in [-0.15, -0.1) is 0 Å². The average Bonchev–Trinajstić information content (AvgIpc) is 3.04. The molecule has 4 rings (SSSR count). The SMILES string of the molecule is c1cnc2[nH]c(-c3cnc4occc4c3)cc2c1. The van der Waals surface area contributed by atoms with Crippen molar-refractivity contribution < 1.29 is 4.42 Å². The predicted octanol–water partition coefficient (Wildman–Crippen LogP) is 3.37. The molecule has 0 spiro atoms. The maximum atomic E-state index is 5.23. The van der Waals surface area contributed by atoms with E-state index in [0.29, 0.717) is 5.71 Å². The first-order valence-corrected chi connectivity index (χ1v) is 5.67. The Labute approximate surface area is 102 Å². The minimum Gasteiger partial charge on any atom is -0.446 e. The van der Waals surface area contributed by atoms with Crippen molar-refractivity contribution in [1.29, 1.82) is 0 Å². The fourth-order valence-electron chi connectivity index (χ4n) is 2.12. The molecule has 1 N–H and O–H groups in total. The molecule has 86 valence electrons. The molecule has 0 saturated heterocycles. The number of fused-ring (bicyclic) bond motifs is 2. The summed E-state index contributed by atoms with van der Waals surface area (Å²) in [6.07, 6.45) is 5.23. The number of hydrogen-bond donors (Lipinski definition) is 1. The van der Waals surface area contributed by atoms with Crippen LogP contribution in [0.4, 0.5) is 0 Å². The van der Waals surface area contributed by atoms with Gasteiger partial charge in [-0.05, 0) is 30.3 Å². The number of nitrogens with zero attached hydrogens (tertiary/aromatic N) is 2. The molecule has 0 fully saturated rings. The lowest BCUT2D eigenvalue weighted by molar-refractivity contribution is 0.603. The standard InChI is InChI=1S/C14H9N3O/c1-2-9-7-12(17-13(9)15-4-1)11-6-10-3-5-18-14(10)16-8-11/h1-8H,(H,15,17). The van der Waals surface area contributed by atoms with Gasteiger partial charge in [-0.3, -0.25) is 0 Å². The molecule has 0 aromatic carbocycles. The summed E-state index contributed by atoms with van der Waals surface area (Å²) in [5.41, 5.74) is 3.59. The molecule has 0 aliphatic rings. The molecule has 4 heterocycles. The number of aromatic amines is 1. The highest BCUT2D eigenvalue weighted by atomic mass is 16.3. The lowest BCUT2D eigenvalue weighted by Gasteiger charge is -1.96. The van der Waals surface area contributed by atoms with Gasteiger partial charge in [-0.2, -0.15) is 0 Å². The van der Waals surface area contributed by atoms with E-state index in [1.165, 1.54) is 0 Å². The van der Waals surface area contributed by atoms with Crippen LogP contribution in [0.25, 0.3) is 33.4 Å². The van der Waals surface area contributed by atoms with Crippen LogP contribution >= 0.6 is 0 Å². The second-order valence-electron chi connectivity index (χ2n) is 4.16. The van der Waals surface area contributed by atoms with Gasteiger partial charge in [-0.1, -0.05) is 0 Å². The Kier molecular flexibility index (Phi) is 1.80. The highest BCUT2D eigenvalue weighted by molar-refractivity contribution is 5.85. The molecular weight excluding hydrogens is 226 g/mol. The fraction of sp³-hybridized carbons (Fsp3) is 0. The summed E-state index contributed by atoms with van der Waals surface area (Å²) in [4.78, 5) is 11.9. The maximum absolute atomic E-state index is 5.23. The van der Waals surface area contributed by atoms with Crippen LogP contribution in [0.5, 0.6) is 0 Å². The molecule has 4 heteroatoms. The number of hydrogen-bond acceptors (Lipinski definition) is 3. The summed E-state index contributed by atoms with van der Waals surface area (Å²) >= 11 is 0. The van der Waals surface area contributed by atoms with Crippen molar-refractivity contribution in [2.75, 3.05) is 0 Å². The van der Waals surface area contributed by atoms with Crippen molar-refractivity contribution in [2.45, 2.75) is 0 Å². The normalized spacial score (nSPS) is 11.3. The molecule has 0 saturated carbocycles. The van der Waals surface area contributed by atoms with Crippen molar-refractivity contribution in [3.63, 3.8) is 0 Å². The Morgan fingerprint density at radius 3 is 3.00 bits per heavy atom. The van der Waals surface area contributed by atoms with Gasteiger partial charge in [0.2, 0.25) is 5.71 Å². The van der Waals surface area contributed by atoms with Crippen molar-refractivity contribution in [3.05, 3.63) is 49.0 Å². The Morgan fingerprint density at radius 1 is 1.06 bits per heavy atom. The van der Waals surface area contributed by atoms with Crippen LogP contribution in [0.3, 0.4) is 0 Å². The molecule has 0 aliphatic carbocycles. The number of H-pyrrole nitrogens is 1. The van der Waals surface area contributed by atoms with Gasteiger partial charge >= 0.3 is 0 Å².